The Balaban J connectivity index is 0.000000583. The van der Waals surface area contributed by atoms with E-state index in [2.05, 4.69) is 44.9 Å². The third-order valence-corrected chi connectivity index (χ3v) is 9.08. The summed E-state index contributed by atoms with van der Waals surface area (Å²) >= 11 is 6.15. The minimum Gasteiger partial charge on any atom is -0.492 e. The van der Waals surface area contributed by atoms with Crippen molar-refractivity contribution < 1.29 is 37.8 Å². The highest BCUT2D eigenvalue weighted by Crippen LogP contribution is 2.53. The van der Waals surface area contributed by atoms with E-state index in [-0.39, 0.29) is 42.9 Å². The van der Waals surface area contributed by atoms with Crippen molar-refractivity contribution in [3.8, 4) is 5.75 Å². The number of urea groups is 1. The molecule has 14 heteroatoms. The summed E-state index contributed by atoms with van der Waals surface area (Å²) in [5, 5.41) is 25.2. The van der Waals surface area contributed by atoms with Crippen LogP contribution in [0, 0.1) is 0 Å². The third-order valence-electron chi connectivity index (χ3n) is 7.44. The summed E-state index contributed by atoms with van der Waals surface area (Å²) in [5.74, 6) is -1.98. The van der Waals surface area contributed by atoms with Gasteiger partial charge >= 0.3 is 18.0 Å². The number of carbonyl (C=O) groups excluding carboxylic acids is 1. The Kier molecular flexibility index (Phi) is 13.0. The van der Waals surface area contributed by atoms with Gasteiger partial charge in [-0.3, -0.25) is 0 Å². The summed E-state index contributed by atoms with van der Waals surface area (Å²) in [4.78, 5) is 30.5. The van der Waals surface area contributed by atoms with E-state index in [1.54, 1.807) is 6.92 Å². The molecule has 4 rings (SSSR count). The van der Waals surface area contributed by atoms with Crippen molar-refractivity contribution in [2.45, 2.75) is 44.1 Å². The number of ether oxygens (including phenoxy) is 1. The van der Waals surface area contributed by atoms with Crippen LogP contribution in [-0.4, -0.2) is 75.1 Å². The number of halogens is 1. The number of amides is 2. The smallest absolute Gasteiger partial charge is 0.328 e. The van der Waals surface area contributed by atoms with Crippen molar-refractivity contribution >= 4 is 39.6 Å². The van der Waals surface area contributed by atoms with Crippen molar-refractivity contribution in [3.05, 3.63) is 76.3 Å². The number of carboxylic acids is 2. The van der Waals surface area contributed by atoms with Crippen molar-refractivity contribution in [2.24, 2.45) is 0 Å². The first-order valence-corrected chi connectivity index (χ1v) is 16.4. The second kappa shape index (κ2) is 16.4. The van der Waals surface area contributed by atoms with E-state index < -0.39 is 22.0 Å². The van der Waals surface area contributed by atoms with E-state index in [9.17, 15) is 22.8 Å². The number of sulfonamides is 1. The monoisotopic (exact) mass is 650 g/mol. The highest BCUT2D eigenvalue weighted by atomic mass is 35.5. The van der Waals surface area contributed by atoms with E-state index >= 15 is 0 Å². The number of benzene rings is 2. The van der Waals surface area contributed by atoms with Crippen LogP contribution in [-0.2, 0) is 31.4 Å². The largest absolute Gasteiger partial charge is 0.492 e. The molecule has 1 unspecified atom stereocenters. The average Bonchev–Trinajstić information content (AvgIpc) is 2.95. The molecule has 1 atom stereocenters. The number of rotatable bonds is 13. The van der Waals surface area contributed by atoms with Gasteiger partial charge in [0.15, 0.2) is 0 Å². The first-order chi connectivity index (χ1) is 21.0. The fourth-order valence-corrected chi connectivity index (χ4v) is 6.34. The summed E-state index contributed by atoms with van der Waals surface area (Å²) in [7, 11) is -3.51. The van der Waals surface area contributed by atoms with Gasteiger partial charge in [-0.2, -0.15) is 0 Å². The van der Waals surface area contributed by atoms with Gasteiger partial charge in [0.05, 0.1) is 5.75 Å². The average molecular weight is 651 g/mol. The standard InChI is InChI=1S/C26H35ClN4O4S.C4H4O4/c1-2-28-25(32)30-15-17-36(33,34)31-14-16-35-22-9-4-19-10-13-29-24(23(19)18-22)26(11-3-12-26)20-5-7-21(27)8-6-20;5-3(6)1-2-4(7)8/h4-9,18,24,29,31H,2-3,10-17H2,1H3,(H2,28,30,32);1-2H,(H,5,6)(H,7,8). The van der Waals surface area contributed by atoms with Crippen molar-refractivity contribution in [2.75, 3.05) is 38.5 Å². The lowest BCUT2D eigenvalue weighted by Crippen LogP contribution is -2.49. The molecule has 0 aromatic heterocycles. The van der Waals surface area contributed by atoms with Gasteiger partial charge in [-0.15, -0.1) is 0 Å². The zero-order valence-corrected chi connectivity index (χ0v) is 26.0. The van der Waals surface area contributed by atoms with Crippen LogP contribution in [0.4, 0.5) is 4.79 Å². The molecule has 2 aromatic rings. The third kappa shape index (κ3) is 10.2. The molecule has 0 radical (unpaired) electrons. The maximum absolute atomic E-state index is 12.2. The molecule has 2 aromatic carbocycles. The molecule has 2 amide bonds. The van der Waals surface area contributed by atoms with Gasteiger partial charge < -0.3 is 30.9 Å². The summed E-state index contributed by atoms with van der Waals surface area (Å²) in [6.07, 6.45) is 5.52. The quantitative estimate of drug-likeness (QED) is 0.140. The highest BCUT2D eigenvalue weighted by molar-refractivity contribution is 7.89. The number of carboxylic acid groups (broad SMARTS) is 2. The molecule has 1 saturated carbocycles. The topological polar surface area (TPSA) is 183 Å². The predicted molar refractivity (Wildman–Crippen MR) is 167 cm³/mol. The Labute approximate surface area is 262 Å². The Morgan fingerprint density at radius 3 is 2.32 bits per heavy atom. The van der Waals surface area contributed by atoms with Crippen molar-refractivity contribution in [1.82, 2.24) is 20.7 Å². The highest BCUT2D eigenvalue weighted by Gasteiger charge is 2.47. The molecule has 1 aliphatic heterocycles. The van der Waals surface area contributed by atoms with Crippen LogP contribution >= 0.6 is 11.6 Å². The van der Waals surface area contributed by atoms with Gasteiger partial charge in [0.1, 0.15) is 12.4 Å². The van der Waals surface area contributed by atoms with Crippen LogP contribution in [0.1, 0.15) is 48.9 Å². The SMILES string of the molecule is CCNC(=O)NCCS(=O)(=O)NCCOc1ccc2c(c1)C(C1(c3ccc(Cl)cc3)CCC1)NCC2.O=C(O)C=CC(=O)O. The second-order valence-corrected chi connectivity index (χ2v) is 12.7. The maximum Gasteiger partial charge on any atom is 0.328 e. The van der Waals surface area contributed by atoms with Crippen LogP contribution in [0.2, 0.25) is 5.02 Å². The van der Waals surface area contributed by atoms with Gasteiger partial charge in [-0.25, -0.2) is 27.5 Å². The molecular weight excluding hydrogens is 612 g/mol. The van der Waals surface area contributed by atoms with E-state index in [0.717, 1.165) is 36.6 Å². The van der Waals surface area contributed by atoms with Crippen LogP contribution < -0.4 is 25.4 Å². The molecule has 6 N–H and O–H groups in total. The first kappa shape index (κ1) is 34.8. The van der Waals surface area contributed by atoms with Gasteiger partial charge in [0.2, 0.25) is 10.0 Å². The van der Waals surface area contributed by atoms with E-state index in [1.165, 1.54) is 23.1 Å². The summed E-state index contributed by atoms with van der Waals surface area (Å²) < 4.78 is 32.8. The fraction of sp³-hybridized carbons (Fsp3) is 0.433. The molecule has 0 saturated heterocycles. The van der Waals surface area contributed by atoms with Gasteiger partial charge in [0, 0.05) is 48.3 Å². The Morgan fingerprint density at radius 2 is 1.73 bits per heavy atom. The molecule has 1 aliphatic carbocycles. The number of hydrogen-bond donors (Lipinski definition) is 6. The molecule has 1 fully saturated rings. The summed E-state index contributed by atoms with van der Waals surface area (Å²) in [6.45, 7) is 3.61. The zero-order valence-electron chi connectivity index (χ0n) is 24.5. The molecule has 12 nitrogen and oxygen atoms in total. The number of hydrogen-bond acceptors (Lipinski definition) is 7. The molecule has 44 heavy (non-hydrogen) atoms. The van der Waals surface area contributed by atoms with Crippen molar-refractivity contribution in [1.29, 1.82) is 0 Å². The number of aliphatic carboxylic acids is 2. The Hall–Kier alpha value is -3.65. The minimum absolute atomic E-state index is 0.0378. The molecule has 1 heterocycles. The lowest BCUT2D eigenvalue weighted by atomic mass is 9.58. The van der Waals surface area contributed by atoms with Gasteiger partial charge in [-0.05, 0) is 73.7 Å². The Bertz CT molecular complexity index is 1410. The molecule has 0 bridgehead atoms. The molecular formula is C30H39ClN4O8S. The van der Waals surface area contributed by atoms with E-state index in [4.69, 9.17) is 26.6 Å². The number of nitrogens with one attached hydrogen (secondary N) is 4. The summed E-state index contributed by atoms with van der Waals surface area (Å²) in [5.41, 5.74) is 3.93. The first-order valence-electron chi connectivity index (χ1n) is 14.3. The van der Waals surface area contributed by atoms with Gasteiger partial charge in [-0.1, -0.05) is 36.2 Å². The van der Waals surface area contributed by atoms with Crippen LogP contribution in [0.5, 0.6) is 5.75 Å². The number of fused-ring (bicyclic) bond motifs is 1. The summed E-state index contributed by atoms with van der Waals surface area (Å²) in [6, 6.07) is 14.2. The normalized spacial score (nSPS) is 16.9. The van der Waals surface area contributed by atoms with Crippen molar-refractivity contribution in [3.63, 3.8) is 0 Å². The molecule has 240 valence electrons. The van der Waals surface area contributed by atoms with Crippen LogP contribution in [0.15, 0.2) is 54.6 Å². The van der Waals surface area contributed by atoms with Crippen LogP contribution in [0.25, 0.3) is 0 Å². The maximum atomic E-state index is 12.2. The Morgan fingerprint density at radius 1 is 1.05 bits per heavy atom. The molecule has 0 spiro atoms. The van der Waals surface area contributed by atoms with Gasteiger partial charge in [0.25, 0.3) is 0 Å². The van der Waals surface area contributed by atoms with E-state index in [1.807, 2.05) is 18.2 Å². The molecule has 2 aliphatic rings. The second-order valence-electron chi connectivity index (χ2n) is 10.4. The fourth-order valence-electron chi connectivity index (χ4n) is 5.30. The number of carbonyl (C=O) groups is 3. The minimum atomic E-state index is -3.51. The van der Waals surface area contributed by atoms with E-state index in [0.29, 0.717) is 18.7 Å². The lowest BCUT2D eigenvalue weighted by molar-refractivity contribution is -0.134. The lowest BCUT2D eigenvalue weighted by Gasteiger charge is -2.50. The van der Waals surface area contributed by atoms with Crippen LogP contribution in [0.3, 0.4) is 0 Å². The predicted octanol–water partition coefficient (Wildman–Crippen LogP) is 2.98. The zero-order chi connectivity index (χ0) is 32.2.